The molecule has 1 saturated carbocycles. The van der Waals surface area contributed by atoms with Crippen molar-refractivity contribution >= 4 is 11.5 Å². The van der Waals surface area contributed by atoms with Gasteiger partial charge in [0, 0.05) is 42.6 Å². The number of nitrogens with two attached hydrogens (primary N) is 1. The van der Waals surface area contributed by atoms with E-state index in [4.69, 9.17) is 10.5 Å². The Labute approximate surface area is 329 Å². The monoisotopic (exact) mass is 754 g/mol. The molecule has 0 bridgehead atoms. The van der Waals surface area contributed by atoms with E-state index >= 15 is 0 Å². The van der Waals surface area contributed by atoms with Crippen LogP contribution in [-0.2, 0) is 24.1 Å². The van der Waals surface area contributed by atoms with Crippen LogP contribution in [0.2, 0.25) is 0 Å². The van der Waals surface area contributed by atoms with Crippen LogP contribution in [0, 0.1) is 17.3 Å². The van der Waals surface area contributed by atoms with E-state index in [9.17, 15) is 25.2 Å². The lowest BCUT2D eigenvalue weighted by molar-refractivity contribution is -0.307. The lowest BCUT2D eigenvalue weighted by Crippen LogP contribution is -2.35. The number of aromatic hydroxyl groups is 2. The van der Waals surface area contributed by atoms with Gasteiger partial charge in [0.25, 0.3) is 0 Å². The third-order valence-electron chi connectivity index (χ3n) is 11.8. The number of ether oxygens (including phenoxy) is 1. The summed E-state index contributed by atoms with van der Waals surface area (Å²) in [6.07, 6.45) is 14.7. The molecule has 0 unspecified atom stereocenters. The van der Waals surface area contributed by atoms with Gasteiger partial charge in [-0.15, -0.1) is 5.76 Å². The molecule has 9 nitrogen and oxygen atoms in total. The van der Waals surface area contributed by atoms with Crippen molar-refractivity contribution in [3.8, 4) is 29.1 Å². The molecule has 0 amide bonds. The molecule has 6 N–H and O–H groups in total. The number of aliphatic hydroxyl groups is 1. The highest BCUT2D eigenvalue weighted by Gasteiger charge is 2.35. The molecule has 2 aliphatic carbocycles. The molecule has 4 aliphatic rings. The van der Waals surface area contributed by atoms with Gasteiger partial charge in [-0.1, -0.05) is 61.9 Å². The fourth-order valence-electron chi connectivity index (χ4n) is 8.61. The number of phenolic OH excluding ortho intramolecular Hbond substituents is 2. The number of aryl methyl sites for hydroxylation is 1. The van der Waals surface area contributed by atoms with Crippen molar-refractivity contribution < 1.29 is 30.0 Å². The topological polar surface area (TPSA) is 160 Å². The Morgan fingerprint density at radius 3 is 2.71 bits per heavy atom. The molecule has 0 saturated heterocycles. The molecule has 0 radical (unpaired) electrons. The summed E-state index contributed by atoms with van der Waals surface area (Å²) in [7, 11) is 0. The van der Waals surface area contributed by atoms with Gasteiger partial charge < -0.3 is 30.9 Å². The summed E-state index contributed by atoms with van der Waals surface area (Å²) in [5.41, 5.74) is 13.7. The minimum absolute atomic E-state index is 0.0152. The molecule has 3 aromatic rings. The zero-order valence-electron chi connectivity index (χ0n) is 32.2. The van der Waals surface area contributed by atoms with Gasteiger partial charge in [0.05, 0.1) is 31.0 Å². The van der Waals surface area contributed by atoms with Gasteiger partial charge in [0.1, 0.15) is 5.75 Å². The summed E-state index contributed by atoms with van der Waals surface area (Å²) in [4.78, 5) is 17.3. The predicted molar refractivity (Wildman–Crippen MR) is 216 cm³/mol. The van der Waals surface area contributed by atoms with Crippen molar-refractivity contribution in [3.05, 3.63) is 123 Å². The van der Waals surface area contributed by atoms with Crippen molar-refractivity contribution in [2.45, 2.75) is 102 Å². The number of unbranched alkanes of at least 4 members (excludes halogenated alkanes) is 1. The number of ketones is 1. The number of allylic oxidation sites excluding steroid dienone is 5. The van der Waals surface area contributed by atoms with Gasteiger partial charge in [-0.25, -0.2) is 0 Å². The average molecular weight is 755 g/mol. The molecule has 1 fully saturated rings. The first-order chi connectivity index (χ1) is 27.1. The Morgan fingerprint density at radius 1 is 1.09 bits per heavy atom. The highest BCUT2D eigenvalue weighted by Crippen LogP contribution is 2.44. The van der Waals surface area contributed by atoms with Crippen LogP contribution in [-0.4, -0.2) is 46.1 Å². The number of benzene rings is 3. The summed E-state index contributed by atoms with van der Waals surface area (Å²) in [6.45, 7) is 3.15. The third-order valence-corrected chi connectivity index (χ3v) is 11.8. The van der Waals surface area contributed by atoms with E-state index in [1.165, 1.54) is 0 Å². The molecule has 2 aliphatic heterocycles. The first-order valence-corrected chi connectivity index (χ1v) is 20.1. The van der Waals surface area contributed by atoms with Gasteiger partial charge in [-0.3, -0.25) is 15.1 Å². The molecule has 292 valence electrons. The largest absolute Gasteiger partial charge is 0.875 e. The molecule has 3 aromatic carbocycles. The second-order valence-electron chi connectivity index (χ2n) is 15.7. The second kappa shape index (κ2) is 17.3. The van der Waals surface area contributed by atoms with Crippen molar-refractivity contribution in [2.24, 2.45) is 16.1 Å². The number of carbonyl (C=O) groups is 1. The van der Waals surface area contributed by atoms with E-state index in [2.05, 4.69) is 35.1 Å². The standard InChI is InChI=1S/C47H53N3O6/c1-2-3-18-47(20-14-35(52)29-47)19-13-34(51)10-7-30-9-12-43(54)45(25-30)56-23-17-31-8-11-42(53)40(24-31)39-28-44(55)36-16-22-49-41(36)6-4-5-32-27-38-33(26-37(32)39)15-21-50-46(38)48/h8-9,11-13,16,19,22,24-27,35,39,46,50,52-55H,2-3,6-7,10,14-15,17-18,20-21,23,28-29,48H2,1H3/p-1/b19-13+,44-36?/t35-,39+,46-,47-/m0/s1. The molecule has 56 heavy (non-hydrogen) atoms. The van der Waals surface area contributed by atoms with E-state index in [-0.39, 0.29) is 53.8 Å². The molecular formula is C47H52N3O6-. The number of aliphatic imine (C=N–C) groups is 1. The van der Waals surface area contributed by atoms with Gasteiger partial charge >= 0.3 is 0 Å². The molecule has 2 heterocycles. The molecule has 4 atom stereocenters. The number of nitrogens with one attached hydrogen (secondary N) is 1. The van der Waals surface area contributed by atoms with E-state index in [0.717, 1.165) is 78.5 Å². The number of phenols is 2. The van der Waals surface area contributed by atoms with Crippen molar-refractivity contribution in [2.75, 3.05) is 13.2 Å². The zero-order valence-corrected chi connectivity index (χ0v) is 32.2. The van der Waals surface area contributed by atoms with Crippen LogP contribution in [0.3, 0.4) is 0 Å². The zero-order chi connectivity index (χ0) is 39.2. The fourth-order valence-corrected chi connectivity index (χ4v) is 8.61. The van der Waals surface area contributed by atoms with Crippen molar-refractivity contribution in [3.63, 3.8) is 0 Å². The van der Waals surface area contributed by atoms with Crippen LogP contribution in [0.4, 0.5) is 0 Å². The van der Waals surface area contributed by atoms with Crippen LogP contribution < -0.4 is 20.9 Å². The van der Waals surface area contributed by atoms with E-state index < -0.39 is 5.92 Å². The van der Waals surface area contributed by atoms with Crippen LogP contribution in [0.15, 0.2) is 89.3 Å². The van der Waals surface area contributed by atoms with Gasteiger partial charge in [0.15, 0.2) is 17.3 Å². The number of hydrogen-bond donors (Lipinski definition) is 5. The summed E-state index contributed by atoms with van der Waals surface area (Å²) in [6, 6.07) is 14.8. The predicted octanol–water partition coefficient (Wildman–Crippen LogP) is 6.46. The maximum atomic E-state index is 13.9. The number of rotatable bonds is 13. The number of carbonyl (C=O) groups excluding carboxylic acids is 1. The van der Waals surface area contributed by atoms with Crippen molar-refractivity contribution in [1.82, 2.24) is 5.32 Å². The minimum atomic E-state index is -0.477. The lowest BCUT2D eigenvalue weighted by atomic mass is 9.80. The Kier molecular flexibility index (Phi) is 12.1. The highest BCUT2D eigenvalue weighted by molar-refractivity contribution is 6.06. The molecular weight excluding hydrogens is 703 g/mol. The van der Waals surface area contributed by atoms with E-state index in [1.807, 2.05) is 24.3 Å². The molecule has 0 aromatic heterocycles. The maximum Gasteiger partial charge on any atom is 0.161 e. The summed E-state index contributed by atoms with van der Waals surface area (Å²) < 4.78 is 6.09. The van der Waals surface area contributed by atoms with E-state index in [0.29, 0.717) is 54.7 Å². The van der Waals surface area contributed by atoms with Crippen LogP contribution >= 0.6 is 0 Å². The van der Waals surface area contributed by atoms with Crippen LogP contribution in [0.25, 0.3) is 0 Å². The number of hydrogen-bond acceptors (Lipinski definition) is 9. The number of fused-ring (bicyclic) bond motifs is 3. The van der Waals surface area contributed by atoms with Crippen LogP contribution in [0.1, 0.15) is 116 Å². The van der Waals surface area contributed by atoms with Crippen molar-refractivity contribution in [1.29, 1.82) is 0 Å². The lowest BCUT2D eigenvalue weighted by Gasteiger charge is -2.30. The van der Waals surface area contributed by atoms with Gasteiger partial charge in [-0.05, 0) is 120 Å². The first kappa shape index (κ1) is 39.1. The van der Waals surface area contributed by atoms with Gasteiger partial charge in [0.2, 0.25) is 0 Å². The molecule has 9 heteroatoms. The Bertz CT molecular complexity index is 2160. The third kappa shape index (κ3) is 8.94. The average Bonchev–Trinajstić information content (AvgIpc) is 3.82. The summed E-state index contributed by atoms with van der Waals surface area (Å²) in [5, 5.41) is 49.3. The fraction of sp³-hybridized carbons (Fsp3) is 0.404. The normalized spacial score (nSPS) is 22.9. The second-order valence-corrected chi connectivity index (χ2v) is 15.7. The maximum absolute atomic E-state index is 13.9. The quantitative estimate of drug-likeness (QED) is 0.0982. The Morgan fingerprint density at radius 2 is 1.91 bits per heavy atom. The number of aliphatic hydroxyl groups excluding tert-OH is 1. The van der Waals surface area contributed by atoms with E-state index in [1.54, 1.807) is 42.6 Å². The Hall–Kier alpha value is -5.14. The summed E-state index contributed by atoms with van der Waals surface area (Å²) in [5.74, 6) is 6.53. The first-order valence-electron chi connectivity index (χ1n) is 20.1. The highest BCUT2D eigenvalue weighted by atomic mass is 16.5. The SMILES string of the molecule is CCCC[C@]1(/C=C/C(=O)CCc2ccc(O)c(OCCc3ccc(O)c([C@@H]4CC([O-])=C5C=CN=C5CC#Cc5cc6c(cc54)CCN[C@@H]6N)c3)c2)CC[C@H](O)C1. The molecule has 0 spiro atoms. The molecule has 7 rings (SSSR count). The number of nitrogens with zero attached hydrogens (tertiary/aromatic N) is 1. The van der Waals surface area contributed by atoms with Crippen LogP contribution in [0.5, 0.6) is 17.2 Å². The Balaban J connectivity index is 1.06. The minimum Gasteiger partial charge on any atom is -0.875 e. The smallest absolute Gasteiger partial charge is 0.161 e. The van der Waals surface area contributed by atoms with Gasteiger partial charge in [-0.2, -0.15) is 0 Å². The summed E-state index contributed by atoms with van der Waals surface area (Å²) >= 11 is 0.